The van der Waals surface area contributed by atoms with Crippen LogP contribution in [0.3, 0.4) is 0 Å². The van der Waals surface area contributed by atoms with Crippen LogP contribution in [0.25, 0.3) is 22.2 Å². The van der Waals surface area contributed by atoms with Crippen molar-refractivity contribution in [3.63, 3.8) is 0 Å². The molecule has 4 rings (SSSR count). The van der Waals surface area contributed by atoms with Gasteiger partial charge in [0.2, 0.25) is 0 Å². The highest BCUT2D eigenvalue weighted by atomic mass is 32.1. The summed E-state index contributed by atoms with van der Waals surface area (Å²) in [6.45, 7) is 4.94. The lowest BCUT2D eigenvalue weighted by Crippen LogP contribution is -2.13. The SMILES string of the molecule is CCOCc1c(C(=O)Nc2nc(-c3ccc(CC)cc3)cs2)oc2ccccc12. The first-order valence-electron chi connectivity index (χ1n) is 9.64. The number of nitrogens with one attached hydrogen (secondary N) is 1. The fourth-order valence-corrected chi connectivity index (χ4v) is 3.87. The molecule has 0 saturated carbocycles. The molecule has 6 heteroatoms. The Labute approximate surface area is 173 Å². The summed E-state index contributed by atoms with van der Waals surface area (Å²) in [6, 6.07) is 15.9. The summed E-state index contributed by atoms with van der Waals surface area (Å²) >= 11 is 1.39. The number of hydrogen-bond donors (Lipinski definition) is 1. The summed E-state index contributed by atoms with van der Waals surface area (Å²) in [5.74, 6) is -0.0539. The lowest BCUT2D eigenvalue weighted by atomic mass is 10.1. The molecule has 1 amide bonds. The molecule has 2 aromatic carbocycles. The van der Waals surface area contributed by atoms with Crippen molar-refractivity contribution in [3.05, 3.63) is 70.8 Å². The third-order valence-electron chi connectivity index (χ3n) is 4.74. The molecule has 0 atom stereocenters. The maximum atomic E-state index is 12.9. The van der Waals surface area contributed by atoms with Gasteiger partial charge < -0.3 is 9.15 Å². The van der Waals surface area contributed by atoms with E-state index in [0.29, 0.717) is 23.9 Å². The van der Waals surface area contributed by atoms with Gasteiger partial charge in [0.05, 0.1) is 12.3 Å². The topological polar surface area (TPSA) is 64.4 Å². The summed E-state index contributed by atoms with van der Waals surface area (Å²) in [6.07, 6.45) is 1.00. The number of carbonyl (C=O) groups is 1. The van der Waals surface area contributed by atoms with Gasteiger partial charge in [-0.3, -0.25) is 10.1 Å². The Morgan fingerprint density at radius 2 is 1.93 bits per heavy atom. The van der Waals surface area contributed by atoms with E-state index in [2.05, 4.69) is 41.5 Å². The smallest absolute Gasteiger partial charge is 0.293 e. The first-order chi connectivity index (χ1) is 14.2. The average Bonchev–Trinajstić information content (AvgIpc) is 3.37. The van der Waals surface area contributed by atoms with Crippen molar-refractivity contribution in [1.82, 2.24) is 4.98 Å². The van der Waals surface area contributed by atoms with E-state index in [4.69, 9.17) is 9.15 Å². The number of thiazole rings is 1. The normalized spacial score (nSPS) is 11.1. The third-order valence-corrected chi connectivity index (χ3v) is 5.50. The molecule has 2 heterocycles. The highest BCUT2D eigenvalue weighted by molar-refractivity contribution is 7.14. The number of aromatic nitrogens is 1. The van der Waals surface area contributed by atoms with Crippen LogP contribution >= 0.6 is 11.3 Å². The Morgan fingerprint density at radius 3 is 2.69 bits per heavy atom. The molecule has 0 aliphatic rings. The van der Waals surface area contributed by atoms with Crippen LogP contribution in [0.4, 0.5) is 5.13 Å². The number of amides is 1. The summed E-state index contributed by atoms with van der Waals surface area (Å²) < 4.78 is 11.4. The van der Waals surface area contributed by atoms with Crippen LogP contribution in [0.1, 0.15) is 35.5 Å². The number of fused-ring (bicyclic) bond motifs is 1. The number of carbonyl (C=O) groups excluding carboxylic acids is 1. The van der Waals surface area contributed by atoms with Crippen molar-refractivity contribution < 1.29 is 13.9 Å². The van der Waals surface area contributed by atoms with Gasteiger partial charge in [0, 0.05) is 28.5 Å². The van der Waals surface area contributed by atoms with E-state index in [9.17, 15) is 4.79 Å². The van der Waals surface area contributed by atoms with Crippen LogP contribution in [0.5, 0.6) is 0 Å². The molecule has 2 aromatic heterocycles. The van der Waals surface area contributed by atoms with Crippen molar-refractivity contribution in [2.75, 3.05) is 11.9 Å². The Morgan fingerprint density at radius 1 is 1.14 bits per heavy atom. The van der Waals surface area contributed by atoms with E-state index in [0.717, 1.165) is 28.6 Å². The molecular weight excluding hydrogens is 384 g/mol. The molecule has 0 radical (unpaired) electrons. The van der Waals surface area contributed by atoms with Gasteiger partial charge in [0.15, 0.2) is 10.9 Å². The number of furan rings is 1. The van der Waals surface area contributed by atoms with Gasteiger partial charge in [-0.2, -0.15) is 0 Å². The van der Waals surface area contributed by atoms with Gasteiger partial charge in [-0.1, -0.05) is 49.4 Å². The summed E-state index contributed by atoms with van der Waals surface area (Å²) in [5.41, 5.74) is 4.58. The number of benzene rings is 2. The first-order valence-corrected chi connectivity index (χ1v) is 10.5. The van der Waals surface area contributed by atoms with Gasteiger partial charge in [-0.25, -0.2) is 4.98 Å². The van der Waals surface area contributed by atoms with Crippen LogP contribution < -0.4 is 5.32 Å². The summed E-state index contributed by atoms with van der Waals surface area (Å²) in [5, 5.41) is 6.23. The number of para-hydroxylation sites is 1. The van der Waals surface area contributed by atoms with Crippen molar-refractivity contribution in [3.8, 4) is 11.3 Å². The van der Waals surface area contributed by atoms with Gasteiger partial charge >= 0.3 is 0 Å². The quantitative estimate of drug-likeness (QED) is 0.414. The molecule has 0 fully saturated rings. The molecule has 4 aromatic rings. The van der Waals surface area contributed by atoms with Crippen LogP contribution in [-0.2, 0) is 17.8 Å². The van der Waals surface area contributed by atoms with Crippen molar-refractivity contribution in [2.24, 2.45) is 0 Å². The number of ether oxygens (including phenoxy) is 1. The van der Waals surface area contributed by atoms with Gasteiger partial charge in [-0.05, 0) is 25.0 Å². The fourth-order valence-electron chi connectivity index (χ4n) is 3.16. The number of anilines is 1. The molecular formula is C23H22N2O3S. The van der Waals surface area contributed by atoms with E-state index in [1.54, 1.807) is 0 Å². The van der Waals surface area contributed by atoms with Crippen LogP contribution in [0.2, 0.25) is 0 Å². The van der Waals surface area contributed by atoms with E-state index in [-0.39, 0.29) is 11.7 Å². The lowest BCUT2D eigenvalue weighted by molar-refractivity contribution is 0.0984. The molecule has 0 bridgehead atoms. The largest absolute Gasteiger partial charge is 0.451 e. The maximum Gasteiger partial charge on any atom is 0.293 e. The minimum absolute atomic E-state index is 0.267. The average molecular weight is 407 g/mol. The Hall–Kier alpha value is -2.96. The summed E-state index contributed by atoms with van der Waals surface area (Å²) in [4.78, 5) is 17.5. The predicted molar refractivity (Wildman–Crippen MR) is 116 cm³/mol. The molecule has 148 valence electrons. The minimum Gasteiger partial charge on any atom is -0.451 e. The molecule has 0 unspecified atom stereocenters. The Balaban J connectivity index is 1.57. The zero-order chi connectivity index (χ0) is 20.2. The molecule has 0 aliphatic heterocycles. The van der Waals surface area contributed by atoms with Crippen molar-refractivity contribution >= 4 is 33.3 Å². The highest BCUT2D eigenvalue weighted by Crippen LogP contribution is 2.29. The molecule has 0 saturated heterocycles. The third kappa shape index (κ3) is 4.09. The maximum absolute atomic E-state index is 12.9. The second-order valence-corrected chi connectivity index (χ2v) is 7.44. The van der Waals surface area contributed by atoms with Crippen LogP contribution in [0, 0.1) is 0 Å². The fraction of sp³-hybridized carbons (Fsp3) is 0.217. The number of aryl methyl sites for hydroxylation is 1. The molecule has 0 spiro atoms. The standard InChI is InChI=1S/C23H22N2O3S/c1-3-15-9-11-16(12-10-15)19-14-29-23(24-19)25-22(26)21-18(13-27-4-2)17-7-5-6-8-20(17)28-21/h5-12,14H,3-4,13H2,1-2H3,(H,24,25,26). The monoisotopic (exact) mass is 406 g/mol. The first kappa shape index (κ1) is 19.4. The Kier molecular flexibility index (Phi) is 5.74. The van der Waals surface area contributed by atoms with Crippen LogP contribution in [0.15, 0.2) is 58.3 Å². The van der Waals surface area contributed by atoms with E-state index < -0.39 is 0 Å². The zero-order valence-electron chi connectivity index (χ0n) is 16.4. The summed E-state index contributed by atoms with van der Waals surface area (Å²) in [7, 11) is 0. The van der Waals surface area contributed by atoms with Gasteiger partial charge in [0.25, 0.3) is 5.91 Å². The second kappa shape index (κ2) is 8.59. The van der Waals surface area contributed by atoms with Crippen molar-refractivity contribution in [2.45, 2.75) is 26.9 Å². The Bertz CT molecular complexity index is 1130. The van der Waals surface area contributed by atoms with E-state index in [1.165, 1.54) is 16.9 Å². The van der Waals surface area contributed by atoms with E-state index in [1.807, 2.05) is 36.6 Å². The van der Waals surface area contributed by atoms with Gasteiger partial charge in [0.1, 0.15) is 5.58 Å². The minimum atomic E-state index is -0.321. The van der Waals surface area contributed by atoms with Crippen LogP contribution in [-0.4, -0.2) is 17.5 Å². The highest BCUT2D eigenvalue weighted by Gasteiger charge is 2.21. The van der Waals surface area contributed by atoms with Crippen molar-refractivity contribution in [1.29, 1.82) is 0 Å². The molecule has 1 N–H and O–H groups in total. The van der Waals surface area contributed by atoms with Gasteiger partial charge in [-0.15, -0.1) is 11.3 Å². The zero-order valence-corrected chi connectivity index (χ0v) is 17.2. The lowest BCUT2D eigenvalue weighted by Gasteiger charge is -2.03. The number of nitrogens with zero attached hydrogens (tertiary/aromatic N) is 1. The number of rotatable bonds is 7. The number of hydrogen-bond acceptors (Lipinski definition) is 5. The predicted octanol–water partition coefficient (Wildman–Crippen LogP) is 5.91. The second-order valence-electron chi connectivity index (χ2n) is 6.59. The molecule has 29 heavy (non-hydrogen) atoms. The molecule has 0 aliphatic carbocycles. The van der Waals surface area contributed by atoms with E-state index >= 15 is 0 Å². The molecule has 5 nitrogen and oxygen atoms in total.